The van der Waals surface area contributed by atoms with E-state index in [4.69, 9.17) is 9.47 Å². The maximum absolute atomic E-state index is 12.4. The van der Waals surface area contributed by atoms with Crippen LogP contribution in [0.5, 0.6) is 0 Å². The molecule has 138 valence electrons. The molecular weight excluding hydrogens is 352 g/mol. The number of benzene rings is 1. The maximum Gasteiger partial charge on any atom is 0.234 e. The summed E-state index contributed by atoms with van der Waals surface area (Å²) in [4.78, 5) is 4.22. The Kier molecular flexibility index (Phi) is 6.51. The minimum absolute atomic E-state index is 0.259. The van der Waals surface area contributed by atoms with E-state index >= 15 is 0 Å². The van der Waals surface area contributed by atoms with Crippen molar-refractivity contribution >= 4 is 16.1 Å². The van der Waals surface area contributed by atoms with E-state index in [1.165, 1.54) is 5.41 Å². The zero-order valence-corrected chi connectivity index (χ0v) is 15.1. The van der Waals surface area contributed by atoms with Crippen LogP contribution in [-0.2, 0) is 26.1 Å². The van der Waals surface area contributed by atoms with E-state index < -0.39 is 16.1 Å². The molecule has 0 unspecified atom stereocenters. The third kappa shape index (κ3) is 5.74. The van der Waals surface area contributed by atoms with Crippen LogP contribution in [0.2, 0.25) is 0 Å². The van der Waals surface area contributed by atoms with Crippen molar-refractivity contribution < 1.29 is 17.9 Å². The Morgan fingerprint density at radius 3 is 2.77 bits per heavy atom. The number of rotatable bonds is 7. The summed E-state index contributed by atoms with van der Waals surface area (Å²) in [5.74, 6) is 0. The van der Waals surface area contributed by atoms with E-state index in [9.17, 15) is 8.42 Å². The molecule has 1 aliphatic heterocycles. The molecule has 0 aliphatic carbocycles. The van der Waals surface area contributed by atoms with Crippen molar-refractivity contribution in [3.63, 3.8) is 0 Å². The van der Waals surface area contributed by atoms with E-state index in [1.807, 2.05) is 48.5 Å². The number of hydrogen-bond donors (Lipinski definition) is 1. The Morgan fingerprint density at radius 1 is 1.19 bits per heavy atom. The first-order valence-corrected chi connectivity index (χ1v) is 10.0. The average molecular weight is 374 g/mol. The summed E-state index contributed by atoms with van der Waals surface area (Å²) in [6.07, 6.45) is 3.64. The Morgan fingerprint density at radius 2 is 2.00 bits per heavy atom. The number of pyridine rings is 1. The van der Waals surface area contributed by atoms with Crippen molar-refractivity contribution in [2.24, 2.45) is 0 Å². The second kappa shape index (κ2) is 9.05. The topological polar surface area (TPSA) is 77.5 Å². The molecule has 2 aromatic rings. The van der Waals surface area contributed by atoms with Crippen molar-refractivity contribution in [1.29, 1.82) is 0 Å². The fourth-order valence-electron chi connectivity index (χ4n) is 2.69. The van der Waals surface area contributed by atoms with Crippen LogP contribution in [-0.4, -0.2) is 38.8 Å². The van der Waals surface area contributed by atoms with Crippen LogP contribution in [0.3, 0.4) is 0 Å². The summed E-state index contributed by atoms with van der Waals surface area (Å²) >= 11 is 0. The number of ether oxygens (including phenoxy) is 2. The van der Waals surface area contributed by atoms with Crippen LogP contribution in [0, 0.1) is 0 Å². The molecule has 1 N–H and O–H groups in total. The van der Waals surface area contributed by atoms with Crippen molar-refractivity contribution in [2.75, 3.05) is 13.2 Å². The molecule has 1 aliphatic rings. The van der Waals surface area contributed by atoms with Crippen LogP contribution < -0.4 is 4.72 Å². The third-order valence-corrected chi connectivity index (χ3v) is 5.14. The summed E-state index contributed by atoms with van der Waals surface area (Å²) in [5.41, 5.74) is 1.63. The van der Waals surface area contributed by atoms with Gasteiger partial charge in [-0.05, 0) is 30.2 Å². The lowest BCUT2D eigenvalue weighted by Gasteiger charge is -2.31. The summed E-state index contributed by atoms with van der Waals surface area (Å²) in [6, 6.07) is 14.5. The molecule has 1 saturated heterocycles. The first-order valence-electron chi connectivity index (χ1n) is 8.47. The molecular formula is C19H22N2O4S. The number of nitrogens with zero attached hydrogens (tertiary/aromatic N) is 1. The highest BCUT2D eigenvalue weighted by Gasteiger charge is 2.29. The molecule has 2 heterocycles. The van der Waals surface area contributed by atoms with Gasteiger partial charge in [0.05, 0.1) is 31.1 Å². The Labute approximate surface area is 153 Å². The van der Waals surface area contributed by atoms with Crippen molar-refractivity contribution in [1.82, 2.24) is 9.71 Å². The SMILES string of the molecule is O=S(=O)(/C=C/c1ccccc1)N[C@@H]1COCC[C@H]1OCc1ccccn1. The van der Waals surface area contributed by atoms with Gasteiger partial charge in [0.1, 0.15) is 0 Å². The molecule has 1 aromatic heterocycles. The molecule has 6 nitrogen and oxygen atoms in total. The van der Waals surface area contributed by atoms with E-state index in [1.54, 1.807) is 12.3 Å². The van der Waals surface area contributed by atoms with Gasteiger partial charge in [-0.25, -0.2) is 13.1 Å². The van der Waals surface area contributed by atoms with Gasteiger partial charge in [0.15, 0.2) is 0 Å². The van der Waals surface area contributed by atoms with Gasteiger partial charge < -0.3 is 9.47 Å². The molecule has 1 fully saturated rings. The highest BCUT2D eigenvalue weighted by molar-refractivity contribution is 7.92. The number of hydrogen-bond acceptors (Lipinski definition) is 5. The minimum atomic E-state index is -3.60. The predicted molar refractivity (Wildman–Crippen MR) is 99.6 cm³/mol. The molecule has 0 saturated carbocycles. The molecule has 2 atom stereocenters. The third-order valence-electron chi connectivity index (χ3n) is 4.02. The van der Waals surface area contributed by atoms with E-state index in [0.29, 0.717) is 19.6 Å². The van der Waals surface area contributed by atoms with Gasteiger partial charge >= 0.3 is 0 Å². The molecule has 7 heteroatoms. The molecule has 1 aromatic carbocycles. The largest absolute Gasteiger partial charge is 0.380 e. The van der Waals surface area contributed by atoms with Gasteiger partial charge in [-0.2, -0.15) is 0 Å². The number of nitrogens with one attached hydrogen (secondary N) is 1. The summed E-state index contributed by atoms with van der Waals surface area (Å²) in [7, 11) is -3.60. The maximum atomic E-state index is 12.4. The van der Waals surface area contributed by atoms with Gasteiger partial charge in [0.25, 0.3) is 0 Å². The fraction of sp³-hybridized carbons (Fsp3) is 0.316. The molecule has 0 radical (unpaired) electrons. The highest BCUT2D eigenvalue weighted by Crippen LogP contribution is 2.15. The van der Waals surface area contributed by atoms with Gasteiger partial charge in [-0.3, -0.25) is 4.98 Å². The van der Waals surface area contributed by atoms with Crippen LogP contribution in [0.15, 0.2) is 60.1 Å². The normalized spacial score (nSPS) is 21.1. The fourth-order valence-corrected chi connectivity index (χ4v) is 3.74. The van der Waals surface area contributed by atoms with Crippen LogP contribution in [0.4, 0.5) is 0 Å². The Balaban J connectivity index is 1.61. The minimum Gasteiger partial charge on any atom is -0.380 e. The molecule has 0 spiro atoms. The standard InChI is InChI=1S/C19H22N2O4S/c22-26(23,13-10-16-6-2-1-3-7-16)21-18-15-24-12-9-19(18)25-14-17-8-4-5-11-20-17/h1-8,10-11,13,18-19,21H,9,12,14-15H2/b13-10+/t18-,19-/m1/s1. The first-order chi connectivity index (χ1) is 12.6. The smallest absolute Gasteiger partial charge is 0.234 e. The lowest BCUT2D eigenvalue weighted by molar-refractivity contribution is -0.0579. The zero-order chi connectivity index (χ0) is 18.2. The van der Waals surface area contributed by atoms with E-state index in [0.717, 1.165) is 11.3 Å². The number of aromatic nitrogens is 1. The Hall–Kier alpha value is -2.06. The zero-order valence-electron chi connectivity index (χ0n) is 14.3. The highest BCUT2D eigenvalue weighted by atomic mass is 32.2. The quantitative estimate of drug-likeness (QED) is 0.805. The van der Waals surface area contributed by atoms with Crippen LogP contribution in [0.25, 0.3) is 6.08 Å². The monoisotopic (exact) mass is 374 g/mol. The molecule has 3 rings (SSSR count). The van der Waals surface area contributed by atoms with Gasteiger partial charge in [-0.1, -0.05) is 36.4 Å². The summed E-state index contributed by atoms with van der Waals surface area (Å²) in [6.45, 7) is 1.17. The average Bonchev–Trinajstić information content (AvgIpc) is 2.67. The Bertz CT molecular complexity index is 810. The molecule has 0 amide bonds. The van der Waals surface area contributed by atoms with Crippen molar-refractivity contribution in [3.05, 3.63) is 71.4 Å². The van der Waals surface area contributed by atoms with Crippen molar-refractivity contribution in [3.8, 4) is 0 Å². The lowest BCUT2D eigenvalue weighted by atomic mass is 10.1. The molecule has 0 bridgehead atoms. The van der Waals surface area contributed by atoms with Gasteiger partial charge in [0.2, 0.25) is 10.0 Å². The first kappa shape index (κ1) is 18.7. The second-order valence-electron chi connectivity index (χ2n) is 6.02. The van der Waals surface area contributed by atoms with E-state index in [2.05, 4.69) is 9.71 Å². The second-order valence-corrected chi connectivity index (χ2v) is 7.61. The van der Waals surface area contributed by atoms with E-state index in [-0.39, 0.29) is 12.7 Å². The van der Waals surface area contributed by atoms with Crippen molar-refractivity contribution in [2.45, 2.75) is 25.2 Å². The van der Waals surface area contributed by atoms with Gasteiger partial charge in [-0.15, -0.1) is 0 Å². The van der Waals surface area contributed by atoms with Crippen LogP contribution in [0.1, 0.15) is 17.7 Å². The van der Waals surface area contributed by atoms with Gasteiger partial charge in [0, 0.05) is 18.2 Å². The number of sulfonamides is 1. The van der Waals surface area contributed by atoms with Crippen LogP contribution >= 0.6 is 0 Å². The summed E-state index contributed by atoms with van der Waals surface area (Å²) < 4.78 is 38.7. The molecule has 26 heavy (non-hydrogen) atoms. The lowest BCUT2D eigenvalue weighted by Crippen LogP contribution is -2.49. The predicted octanol–water partition coefficient (Wildman–Crippen LogP) is 2.35. The summed E-state index contributed by atoms with van der Waals surface area (Å²) in [5, 5.41) is 1.17.